The molecule has 0 atom stereocenters. The van der Waals surface area contributed by atoms with Gasteiger partial charge in [-0.25, -0.2) is 9.18 Å². The normalized spacial score (nSPS) is 30.3. The van der Waals surface area contributed by atoms with Crippen molar-refractivity contribution in [2.45, 2.75) is 70.3 Å². The van der Waals surface area contributed by atoms with Gasteiger partial charge in [0.05, 0.1) is 0 Å². The van der Waals surface area contributed by atoms with Gasteiger partial charge in [0.2, 0.25) is 0 Å². The molecule has 2 nitrogen and oxygen atoms in total. The van der Waals surface area contributed by atoms with Gasteiger partial charge in [-0.15, -0.1) is 0 Å². The molecule has 0 amide bonds. The molecular weight excluding hydrogens is 315 g/mol. The monoisotopic (exact) mass is 344 g/mol. The van der Waals surface area contributed by atoms with E-state index in [-0.39, 0.29) is 17.9 Å². The van der Waals surface area contributed by atoms with Gasteiger partial charge in [0.15, 0.2) is 0 Å². The van der Waals surface area contributed by atoms with Crippen LogP contribution < -0.4 is 0 Å². The van der Waals surface area contributed by atoms with Crippen molar-refractivity contribution in [3.8, 4) is 0 Å². The van der Waals surface area contributed by atoms with Gasteiger partial charge in [0, 0.05) is 6.08 Å². The summed E-state index contributed by atoms with van der Waals surface area (Å²) in [5, 5.41) is 0. The van der Waals surface area contributed by atoms with Crippen molar-refractivity contribution < 1.29 is 13.9 Å². The lowest BCUT2D eigenvalue weighted by Crippen LogP contribution is -2.29. The minimum absolute atomic E-state index is 0.107. The Morgan fingerprint density at radius 2 is 1.52 bits per heavy atom. The molecular formula is C22H29FO2. The summed E-state index contributed by atoms with van der Waals surface area (Å²) in [5.41, 5.74) is 1.29. The molecule has 0 bridgehead atoms. The van der Waals surface area contributed by atoms with Crippen LogP contribution in [0.4, 0.5) is 4.39 Å². The van der Waals surface area contributed by atoms with Crippen molar-refractivity contribution in [1.29, 1.82) is 0 Å². The van der Waals surface area contributed by atoms with Crippen molar-refractivity contribution in [2.75, 3.05) is 0 Å². The Balaban J connectivity index is 1.43. The molecule has 0 radical (unpaired) electrons. The molecule has 3 rings (SSSR count). The maximum Gasteiger partial charge on any atom is 0.330 e. The van der Waals surface area contributed by atoms with Crippen LogP contribution in [0.1, 0.15) is 69.8 Å². The quantitative estimate of drug-likeness (QED) is 0.511. The summed E-state index contributed by atoms with van der Waals surface area (Å²) >= 11 is 0. The van der Waals surface area contributed by atoms with E-state index in [1.165, 1.54) is 50.2 Å². The summed E-state index contributed by atoms with van der Waals surface area (Å²) in [4.78, 5) is 11.6. The molecule has 136 valence electrons. The number of rotatable bonds is 4. The second-order valence-corrected chi connectivity index (χ2v) is 7.64. The molecule has 2 aliphatic rings. The van der Waals surface area contributed by atoms with E-state index < -0.39 is 0 Å². The standard InChI is InChI=1S/C22H29FO2/c1-2-3-22(24)25-21-14-10-19(11-15-21)17-6-4-16(5-7-17)18-8-12-20(23)13-9-18/h2-3,8-9,12-13,16-17,19,21H,4-7,10-11,14-15H2,1H3. The fraction of sp³-hybridized carbons (Fsp3) is 0.591. The highest BCUT2D eigenvalue weighted by Gasteiger charge is 2.32. The minimum atomic E-state index is -0.203. The van der Waals surface area contributed by atoms with E-state index in [9.17, 15) is 9.18 Å². The number of hydrogen-bond acceptors (Lipinski definition) is 2. The van der Waals surface area contributed by atoms with Crippen molar-refractivity contribution >= 4 is 5.97 Å². The van der Waals surface area contributed by atoms with Crippen LogP contribution in [-0.2, 0) is 9.53 Å². The fourth-order valence-corrected chi connectivity index (χ4v) is 4.68. The van der Waals surface area contributed by atoms with E-state index in [4.69, 9.17) is 4.74 Å². The van der Waals surface area contributed by atoms with Crippen LogP contribution in [0, 0.1) is 17.7 Å². The molecule has 1 aromatic carbocycles. The van der Waals surface area contributed by atoms with Crippen LogP contribution in [0.15, 0.2) is 36.4 Å². The van der Waals surface area contributed by atoms with E-state index in [1.54, 1.807) is 18.2 Å². The molecule has 25 heavy (non-hydrogen) atoms. The van der Waals surface area contributed by atoms with E-state index in [2.05, 4.69) is 0 Å². The highest BCUT2D eigenvalue weighted by atomic mass is 19.1. The lowest BCUT2D eigenvalue weighted by Gasteiger charge is -2.37. The largest absolute Gasteiger partial charge is 0.459 e. The Bertz CT molecular complexity index is 577. The van der Waals surface area contributed by atoms with Crippen molar-refractivity contribution in [3.05, 3.63) is 47.8 Å². The first-order chi connectivity index (χ1) is 12.2. The molecule has 2 aliphatic carbocycles. The first-order valence-corrected chi connectivity index (χ1v) is 9.74. The topological polar surface area (TPSA) is 26.3 Å². The number of ether oxygens (including phenoxy) is 1. The zero-order valence-corrected chi connectivity index (χ0v) is 15.1. The average Bonchev–Trinajstić information content (AvgIpc) is 2.63. The SMILES string of the molecule is CC=CC(=O)OC1CCC(C2CCC(c3ccc(F)cc3)CC2)CC1. The van der Waals surface area contributed by atoms with Crippen LogP contribution in [0.25, 0.3) is 0 Å². The predicted octanol–water partition coefficient (Wildman–Crippen LogP) is 5.78. The van der Waals surface area contributed by atoms with Gasteiger partial charge in [0.25, 0.3) is 0 Å². The number of esters is 1. The highest BCUT2D eigenvalue weighted by Crippen LogP contribution is 2.43. The van der Waals surface area contributed by atoms with Gasteiger partial charge in [-0.2, -0.15) is 0 Å². The summed E-state index contributed by atoms with van der Waals surface area (Å²) in [5.74, 6) is 1.83. The summed E-state index contributed by atoms with van der Waals surface area (Å²) < 4.78 is 18.6. The number of carbonyl (C=O) groups is 1. The average molecular weight is 344 g/mol. The smallest absolute Gasteiger partial charge is 0.330 e. The number of allylic oxidation sites excluding steroid dienone is 1. The summed E-state index contributed by atoms with van der Waals surface area (Å²) in [6, 6.07) is 7.06. The predicted molar refractivity (Wildman–Crippen MR) is 97.8 cm³/mol. The van der Waals surface area contributed by atoms with Gasteiger partial charge in [0.1, 0.15) is 11.9 Å². The Morgan fingerprint density at radius 1 is 0.960 bits per heavy atom. The maximum absolute atomic E-state index is 13.1. The molecule has 1 aromatic rings. The Hall–Kier alpha value is -1.64. The number of halogens is 1. The third-order valence-corrected chi connectivity index (χ3v) is 6.08. The van der Waals surface area contributed by atoms with Gasteiger partial charge in [-0.1, -0.05) is 18.2 Å². The van der Waals surface area contributed by atoms with Crippen molar-refractivity contribution in [3.63, 3.8) is 0 Å². The molecule has 0 heterocycles. The zero-order chi connectivity index (χ0) is 17.6. The van der Waals surface area contributed by atoms with Crippen LogP contribution in [-0.4, -0.2) is 12.1 Å². The van der Waals surface area contributed by atoms with Crippen LogP contribution in [0.3, 0.4) is 0 Å². The molecule has 0 aromatic heterocycles. The molecule has 0 unspecified atom stereocenters. The summed E-state index contributed by atoms with van der Waals surface area (Å²) in [6.07, 6.45) is 12.7. The summed E-state index contributed by atoms with van der Waals surface area (Å²) in [6.45, 7) is 1.83. The molecule has 0 spiro atoms. The lowest BCUT2D eigenvalue weighted by molar-refractivity contribution is -0.145. The fourth-order valence-electron chi connectivity index (χ4n) is 4.68. The van der Waals surface area contributed by atoms with Gasteiger partial charge >= 0.3 is 5.97 Å². The van der Waals surface area contributed by atoms with E-state index in [1.807, 2.05) is 19.1 Å². The third kappa shape index (κ3) is 4.93. The summed E-state index contributed by atoms with van der Waals surface area (Å²) in [7, 11) is 0. The molecule has 2 fully saturated rings. The van der Waals surface area contributed by atoms with Gasteiger partial charge in [-0.05, 0) is 93.7 Å². The number of carbonyl (C=O) groups excluding carboxylic acids is 1. The van der Waals surface area contributed by atoms with E-state index >= 15 is 0 Å². The third-order valence-electron chi connectivity index (χ3n) is 6.08. The zero-order valence-electron chi connectivity index (χ0n) is 15.1. The molecule has 2 saturated carbocycles. The van der Waals surface area contributed by atoms with Crippen LogP contribution >= 0.6 is 0 Å². The van der Waals surface area contributed by atoms with Crippen LogP contribution in [0.2, 0.25) is 0 Å². The Morgan fingerprint density at radius 3 is 2.08 bits per heavy atom. The van der Waals surface area contributed by atoms with Crippen molar-refractivity contribution in [1.82, 2.24) is 0 Å². The highest BCUT2D eigenvalue weighted by molar-refractivity contribution is 5.81. The molecule has 0 aliphatic heterocycles. The van der Waals surface area contributed by atoms with Gasteiger partial charge in [-0.3, -0.25) is 0 Å². The number of benzene rings is 1. The second-order valence-electron chi connectivity index (χ2n) is 7.64. The second kappa shape index (κ2) is 8.64. The lowest BCUT2D eigenvalue weighted by atomic mass is 9.69. The van der Waals surface area contributed by atoms with Crippen LogP contribution in [0.5, 0.6) is 0 Å². The molecule has 3 heteroatoms. The first-order valence-electron chi connectivity index (χ1n) is 9.74. The maximum atomic E-state index is 13.1. The molecule has 0 saturated heterocycles. The number of hydrogen-bond donors (Lipinski definition) is 0. The van der Waals surface area contributed by atoms with E-state index in [0.717, 1.165) is 24.7 Å². The minimum Gasteiger partial charge on any atom is -0.459 e. The van der Waals surface area contributed by atoms with Gasteiger partial charge < -0.3 is 4.74 Å². The van der Waals surface area contributed by atoms with Crippen molar-refractivity contribution in [2.24, 2.45) is 11.8 Å². The van der Waals surface area contributed by atoms with E-state index in [0.29, 0.717) is 5.92 Å². The Kier molecular flexibility index (Phi) is 6.28. The first kappa shape index (κ1) is 18.2. The Labute approximate surface area is 150 Å². The molecule has 0 N–H and O–H groups in total.